The summed E-state index contributed by atoms with van der Waals surface area (Å²) in [6, 6.07) is 12.5. The van der Waals surface area contributed by atoms with Crippen LogP contribution in [0, 0.1) is 11.3 Å². The van der Waals surface area contributed by atoms with Crippen LogP contribution in [0.3, 0.4) is 0 Å². The number of nitrogens with one attached hydrogen (secondary N) is 1. The molecule has 3 aromatic rings. The molecule has 0 saturated carbocycles. The van der Waals surface area contributed by atoms with Crippen molar-refractivity contribution >= 4 is 55.9 Å². The highest BCUT2D eigenvalue weighted by Gasteiger charge is 2.18. The lowest BCUT2D eigenvalue weighted by Gasteiger charge is -2.11. The molecule has 1 amide bonds. The molecule has 1 aromatic heterocycles. The number of halogens is 1. The van der Waals surface area contributed by atoms with E-state index in [9.17, 15) is 23.3 Å². The minimum absolute atomic E-state index is 0.0731. The number of benzene rings is 2. The van der Waals surface area contributed by atoms with Crippen LogP contribution in [0.4, 0.5) is 5.13 Å². The summed E-state index contributed by atoms with van der Waals surface area (Å²) in [5.41, 5.74) is 0.426. The summed E-state index contributed by atoms with van der Waals surface area (Å²) in [7, 11) is -3.58. The van der Waals surface area contributed by atoms with Gasteiger partial charge >= 0.3 is 5.97 Å². The highest BCUT2D eigenvalue weighted by molar-refractivity contribution is 7.92. The number of nitriles is 1. The van der Waals surface area contributed by atoms with Gasteiger partial charge in [0.05, 0.1) is 12.2 Å². The van der Waals surface area contributed by atoms with Crippen LogP contribution in [0.5, 0.6) is 11.5 Å². The lowest BCUT2D eigenvalue weighted by molar-refractivity contribution is -0.112. The first-order valence-electron chi connectivity index (χ1n) is 9.82. The van der Waals surface area contributed by atoms with Crippen molar-refractivity contribution in [2.45, 2.75) is 11.3 Å². The number of hydrogen-bond donors (Lipinski definition) is 1. The molecule has 180 valence electrons. The van der Waals surface area contributed by atoms with E-state index in [1.165, 1.54) is 36.4 Å². The van der Waals surface area contributed by atoms with Gasteiger partial charge in [0.2, 0.25) is 19.3 Å². The quantitative estimate of drug-likeness (QED) is 0.150. The fourth-order valence-electron chi connectivity index (χ4n) is 2.60. The molecule has 0 bridgehead atoms. The van der Waals surface area contributed by atoms with Crippen molar-refractivity contribution in [3.63, 3.8) is 0 Å². The Labute approximate surface area is 209 Å². The summed E-state index contributed by atoms with van der Waals surface area (Å²) < 4.78 is 33.8. The second-order valence-corrected chi connectivity index (χ2v) is 10.4. The molecule has 35 heavy (non-hydrogen) atoms. The predicted octanol–water partition coefficient (Wildman–Crippen LogP) is 3.76. The van der Waals surface area contributed by atoms with E-state index in [0.29, 0.717) is 27.5 Å². The molecule has 0 atom stereocenters. The van der Waals surface area contributed by atoms with Crippen molar-refractivity contribution in [2.75, 3.05) is 18.2 Å². The van der Waals surface area contributed by atoms with Crippen LogP contribution >= 0.6 is 22.9 Å². The fourth-order valence-corrected chi connectivity index (χ4v) is 4.23. The highest BCUT2D eigenvalue weighted by Crippen LogP contribution is 2.30. The van der Waals surface area contributed by atoms with Gasteiger partial charge in [0.25, 0.3) is 5.91 Å². The van der Waals surface area contributed by atoms with Gasteiger partial charge in [0.1, 0.15) is 11.6 Å². The van der Waals surface area contributed by atoms with Crippen molar-refractivity contribution in [1.29, 1.82) is 5.26 Å². The Balaban J connectivity index is 1.81. The highest BCUT2D eigenvalue weighted by atomic mass is 35.5. The van der Waals surface area contributed by atoms with Gasteiger partial charge < -0.3 is 9.47 Å². The molecule has 0 radical (unpaired) electrons. The van der Waals surface area contributed by atoms with Crippen LogP contribution in [0.25, 0.3) is 6.08 Å². The summed E-state index contributed by atoms with van der Waals surface area (Å²) in [6.07, 6.45) is 2.26. The SMILES string of the molecule is CCOc1cc(/C=C(/C#N)C(=O)Nc2nnc(S(C)(=O)=O)s2)ccc1OC(=O)c1ccc(Cl)cc1. The summed E-state index contributed by atoms with van der Waals surface area (Å²) in [4.78, 5) is 24.9. The van der Waals surface area contributed by atoms with E-state index in [0.717, 1.165) is 6.26 Å². The number of aromatic nitrogens is 2. The van der Waals surface area contributed by atoms with Crippen molar-refractivity contribution in [2.24, 2.45) is 0 Å². The Morgan fingerprint density at radius 2 is 1.89 bits per heavy atom. The third-order valence-electron chi connectivity index (χ3n) is 4.17. The van der Waals surface area contributed by atoms with E-state index >= 15 is 0 Å². The smallest absolute Gasteiger partial charge is 0.343 e. The Bertz CT molecular complexity index is 1440. The monoisotopic (exact) mass is 532 g/mol. The lowest BCUT2D eigenvalue weighted by atomic mass is 10.1. The number of carbonyl (C=O) groups excluding carboxylic acids is 2. The zero-order valence-electron chi connectivity index (χ0n) is 18.3. The maximum absolute atomic E-state index is 12.5. The molecule has 2 aromatic carbocycles. The third-order valence-corrected chi connectivity index (χ3v) is 6.93. The number of anilines is 1. The van der Waals surface area contributed by atoms with E-state index in [4.69, 9.17) is 21.1 Å². The van der Waals surface area contributed by atoms with Gasteiger partial charge in [-0.25, -0.2) is 13.2 Å². The second-order valence-electron chi connectivity index (χ2n) is 6.80. The van der Waals surface area contributed by atoms with Crippen LogP contribution in [-0.2, 0) is 14.6 Å². The zero-order chi connectivity index (χ0) is 25.6. The Kier molecular flexibility index (Phi) is 8.18. The number of sulfone groups is 1. The third kappa shape index (κ3) is 6.86. The van der Waals surface area contributed by atoms with E-state index in [2.05, 4.69) is 15.5 Å². The summed E-state index contributed by atoms with van der Waals surface area (Å²) in [6.45, 7) is 2.01. The molecule has 10 nitrogen and oxygen atoms in total. The number of ether oxygens (including phenoxy) is 2. The molecule has 0 fully saturated rings. The number of esters is 1. The van der Waals surface area contributed by atoms with E-state index in [-0.39, 0.29) is 33.2 Å². The van der Waals surface area contributed by atoms with Crippen LogP contribution in [0.2, 0.25) is 5.02 Å². The predicted molar refractivity (Wildman–Crippen MR) is 129 cm³/mol. The van der Waals surface area contributed by atoms with E-state index in [1.807, 2.05) is 0 Å². The largest absolute Gasteiger partial charge is 0.490 e. The number of hydrogen-bond acceptors (Lipinski definition) is 10. The summed E-state index contributed by atoms with van der Waals surface area (Å²) >= 11 is 6.50. The van der Waals surface area contributed by atoms with Gasteiger partial charge in [-0.3, -0.25) is 10.1 Å². The molecule has 0 unspecified atom stereocenters. The molecule has 0 aliphatic heterocycles. The average Bonchev–Trinajstić information content (AvgIpc) is 3.28. The van der Waals surface area contributed by atoms with Gasteiger partial charge in [-0.05, 0) is 55.0 Å². The van der Waals surface area contributed by atoms with E-state index < -0.39 is 21.7 Å². The van der Waals surface area contributed by atoms with Gasteiger partial charge in [-0.15, -0.1) is 10.2 Å². The first kappa shape index (κ1) is 25.8. The number of amides is 1. The first-order valence-corrected chi connectivity index (χ1v) is 12.9. The van der Waals surface area contributed by atoms with Crippen molar-refractivity contribution in [3.05, 3.63) is 64.2 Å². The standard InChI is InChI=1S/C22H17ClN4O6S2/c1-3-32-18-11-13(4-9-17(18)33-20(29)14-5-7-16(23)8-6-14)10-15(12-24)19(28)25-21-26-27-22(34-21)35(2,30)31/h4-11H,3H2,1-2H3,(H,25,26,28)/b15-10-. The second kappa shape index (κ2) is 11.1. The number of rotatable bonds is 8. The number of carbonyl (C=O) groups is 2. The molecule has 1 heterocycles. The van der Waals surface area contributed by atoms with Crippen molar-refractivity contribution < 1.29 is 27.5 Å². The van der Waals surface area contributed by atoms with Crippen LogP contribution in [-0.4, -0.2) is 43.4 Å². The topological polar surface area (TPSA) is 148 Å². The van der Waals surface area contributed by atoms with Crippen LogP contribution in [0.15, 0.2) is 52.4 Å². The molecule has 0 spiro atoms. The zero-order valence-corrected chi connectivity index (χ0v) is 20.7. The lowest BCUT2D eigenvalue weighted by Crippen LogP contribution is -2.13. The average molecular weight is 533 g/mol. The molecular formula is C22H17ClN4O6S2. The maximum Gasteiger partial charge on any atom is 0.343 e. The molecule has 3 rings (SSSR count). The van der Waals surface area contributed by atoms with Crippen LogP contribution < -0.4 is 14.8 Å². The minimum atomic E-state index is -3.58. The van der Waals surface area contributed by atoms with E-state index in [1.54, 1.807) is 25.1 Å². The Morgan fingerprint density at radius 3 is 2.49 bits per heavy atom. The first-order chi connectivity index (χ1) is 16.6. The summed E-state index contributed by atoms with van der Waals surface area (Å²) in [5.74, 6) is -1.05. The Morgan fingerprint density at radius 1 is 1.17 bits per heavy atom. The van der Waals surface area contributed by atoms with Gasteiger partial charge in [0, 0.05) is 11.3 Å². The van der Waals surface area contributed by atoms with Gasteiger partial charge in [0.15, 0.2) is 11.5 Å². The number of nitrogens with zero attached hydrogens (tertiary/aromatic N) is 3. The van der Waals surface area contributed by atoms with Gasteiger partial charge in [-0.2, -0.15) is 5.26 Å². The van der Waals surface area contributed by atoms with Crippen molar-refractivity contribution in [1.82, 2.24) is 10.2 Å². The maximum atomic E-state index is 12.5. The molecule has 0 saturated heterocycles. The molecule has 0 aliphatic carbocycles. The molecular weight excluding hydrogens is 516 g/mol. The molecule has 13 heteroatoms. The normalized spacial score (nSPS) is 11.4. The fraction of sp³-hybridized carbons (Fsp3) is 0.136. The Hall–Kier alpha value is -3.79. The van der Waals surface area contributed by atoms with Crippen LogP contribution in [0.1, 0.15) is 22.8 Å². The summed E-state index contributed by atoms with van der Waals surface area (Å²) in [5, 5.41) is 19.3. The van der Waals surface area contributed by atoms with Gasteiger partial charge in [-0.1, -0.05) is 29.0 Å². The molecule has 0 aliphatic rings. The van der Waals surface area contributed by atoms with Crippen molar-refractivity contribution in [3.8, 4) is 17.6 Å². The molecule has 1 N–H and O–H groups in total. The minimum Gasteiger partial charge on any atom is -0.490 e.